The standard InChI is InChI=1S/C40H48GeN/c1-24(2)31-15-12-16-32(25(3)4)37(31)35-19-14-20-36(38-33(26(5)6)17-13-18-34(38)27(7)8)39(35)41-23-42-40-29(10)21-28(9)22-30(40)11/h12-22,24-27H,1-11H3/q+1. The van der Waals surface area contributed by atoms with Crippen molar-refractivity contribution in [3.05, 3.63) is 111 Å². The number of hydrogen-bond acceptors (Lipinski definition) is 0. The molecule has 2 radical (unpaired) electrons. The van der Waals surface area contributed by atoms with Crippen LogP contribution in [0.15, 0.2) is 66.7 Å². The van der Waals surface area contributed by atoms with Gasteiger partial charge in [-0.05, 0) is 0 Å². The molecule has 4 aromatic carbocycles. The topological polar surface area (TPSA) is 4.36 Å². The van der Waals surface area contributed by atoms with E-state index in [1.807, 2.05) is 0 Å². The van der Waals surface area contributed by atoms with Crippen molar-refractivity contribution in [2.75, 3.05) is 0 Å². The zero-order chi connectivity index (χ0) is 30.7. The molecule has 4 rings (SSSR count). The third-order valence-electron chi connectivity index (χ3n) is 8.33. The Morgan fingerprint density at radius 3 is 1.26 bits per heavy atom. The molecule has 0 fully saturated rings. The van der Waals surface area contributed by atoms with E-state index in [-0.39, 0.29) is 0 Å². The van der Waals surface area contributed by atoms with Crippen molar-refractivity contribution in [3.8, 4) is 27.2 Å². The van der Waals surface area contributed by atoms with Gasteiger partial charge in [0, 0.05) is 0 Å². The Labute approximate surface area is 262 Å². The molecule has 0 aromatic heterocycles. The minimum absolute atomic E-state index is 0.430. The van der Waals surface area contributed by atoms with Gasteiger partial charge in [-0.25, -0.2) is 0 Å². The normalized spacial score (nSPS) is 11.5. The number of aryl methyl sites for hydroxylation is 3. The van der Waals surface area contributed by atoms with Crippen LogP contribution in [0.1, 0.15) is 118 Å². The van der Waals surface area contributed by atoms with Crippen molar-refractivity contribution in [1.82, 2.24) is 0 Å². The van der Waals surface area contributed by atoms with Crippen LogP contribution in [0.2, 0.25) is 0 Å². The summed E-state index contributed by atoms with van der Waals surface area (Å²) in [5.41, 5.74) is 16.1. The van der Waals surface area contributed by atoms with Gasteiger partial charge >= 0.3 is 263 Å². The van der Waals surface area contributed by atoms with Crippen LogP contribution in [-0.4, -0.2) is 15.4 Å². The van der Waals surface area contributed by atoms with Crippen molar-refractivity contribution < 1.29 is 0 Å². The fourth-order valence-corrected chi connectivity index (χ4v) is 8.34. The molecule has 2 heteroatoms. The summed E-state index contributed by atoms with van der Waals surface area (Å²) in [4.78, 5) is 8.73. The fraction of sp³-hybridized carbons (Fsp3) is 0.375. The third-order valence-corrected chi connectivity index (χ3v) is 10.5. The maximum absolute atomic E-state index is 5.05. The van der Waals surface area contributed by atoms with Gasteiger partial charge in [0.15, 0.2) is 0 Å². The summed E-state index contributed by atoms with van der Waals surface area (Å²) in [7, 11) is 0. The Bertz CT molecular complexity index is 1490. The van der Waals surface area contributed by atoms with E-state index in [0.29, 0.717) is 23.7 Å². The van der Waals surface area contributed by atoms with Gasteiger partial charge in [-0.2, -0.15) is 0 Å². The molecule has 0 aliphatic carbocycles. The van der Waals surface area contributed by atoms with Gasteiger partial charge in [0.25, 0.3) is 0 Å². The molecule has 0 N–H and O–H groups in total. The van der Waals surface area contributed by atoms with Crippen LogP contribution in [0.5, 0.6) is 0 Å². The van der Waals surface area contributed by atoms with Gasteiger partial charge in [-0.1, -0.05) is 0 Å². The molecule has 0 amide bonds. The van der Waals surface area contributed by atoms with Gasteiger partial charge in [0.05, 0.1) is 0 Å². The molecule has 0 aliphatic heterocycles. The van der Waals surface area contributed by atoms with Crippen LogP contribution in [0.3, 0.4) is 0 Å². The van der Waals surface area contributed by atoms with Crippen molar-refractivity contribution >= 4 is 25.5 Å². The summed E-state index contributed by atoms with van der Waals surface area (Å²) in [5.74, 6) is 1.72. The molecule has 0 heterocycles. The molecule has 0 unspecified atom stereocenters. The average molecular weight is 615 g/mol. The Morgan fingerprint density at radius 1 is 0.548 bits per heavy atom. The second-order valence-electron chi connectivity index (χ2n) is 13.1. The van der Waals surface area contributed by atoms with Gasteiger partial charge in [-0.15, -0.1) is 0 Å². The molecule has 42 heavy (non-hydrogen) atoms. The number of hydrogen-bond donors (Lipinski definition) is 0. The first-order valence-corrected chi connectivity index (χ1v) is 17.7. The fourth-order valence-electron chi connectivity index (χ4n) is 6.32. The van der Waals surface area contributed by atoms with Gasteiger partial charge < -0.3 is 0 Å². The number of rotatable bonds is 7. The van der Waals surface area contributed by atoms with Crippen LogP contribution in [-0.2, 0) is 0 Å². The number of benzene rings is 4. The van der Waals surface area contributed by atoms with E-state index in [4.69, 9.17) is 4.85 Å². The zero-order valence-electron chi connectivity index (χ0n) is 27.6. The molecular formula is C40H48GeN+. The molecule has 0 aliphatic rings. The monoisotopic (exact) mass is 616 g/mol. The third kappa shape index (κ3) is 6.60. The predicted octanol–water partition coefficient (Wildman–Crippen LogP) is 11.4. The number of nitrogens with zero attached hydrogens (tertiary/aromatic N) is 1. The van der Waals surface area contributed by atoms with Crippen molar-refractivity contribution in [2.45, 2.75) is 99.8 Å². The van der Waals surface area contributed by atoms with Crippen LogP contribution < -0.4 is 4.40 Å². The molecule has 4 aromatic rings. The van der Waals surface area contributed by atoms with Crippen molar-refractivity contribution in [3.63, 3.8) is 0 Å². The van der Waals surface area contributed by atoms with Crippen LogP contribution >= 0.6 is 0 Å². The molecule has 0 spiro atoms. The Hall–Kier alpha value is -3.09. The summed E-state index contributed by atoms with van der Waals surface area (Å²) >= 11 is -0.855. The minimum atomic E-state index is -0.855. The van der Waals surface area contributed by atoms with E-state index in [1.54, 1.807) is 0 Å². The van der Waals surface area contributed by atoms with E-state index < -0.39 is 15.4 Å². The van der Waals surface area contributed by atoms with Crippen molar-refractivity contribution in [1.29, 1.82) is 0 Å². The SMILES string of the molecule is Cc1cc(C)c([N+]#[C][Ge][c]2c(-c3c(C(C)C)cccc3C(C)C)cccc2-c2c(C(C)C)cccc2C(C)C)c(C)c1. The summed E-state index contributed by atoms with van der Waals surface area (Å²) in [5, 5.41) is 0. The molecule has 0 saturated heterocycles. The second-order valence-corrected chi connectivity index (χ2v) is 15.1. The molecule has 0 atom stereocenters. The molecule has 216 valence electrons. The molecule has 1 nitrogen and oxygen atoms in total. The first kappa shape index (κ1) is 31.8. The van der Waals surface area contributed by atoms with E-state index in [0.717, 1.165) is 5.69 Å². The Kier molecular flexibility index (Phi) is 10.2. The molecule has 0 saturated carbocycles. The van der Waals surface area contributed by atoms with E-state index in [2.05, 4.69) is 148 Å². The van der Waals surface area contributed by atoms with Gasteiger partial charge in [0.2, 0.25) is 0 Å². The van der Waals surface area contributed by atoms with E-state index in [1.165, 1.54) is 65.6 Å². The first-order chi connectivity index (χ1) is 19.9. The Balaban J connectivity index is 2.09. The van der Waals surface area contributed by atoms with Crippen LogP contribution in [0, 0.1) is 25.7 Å². The van der Waals surface area contributed by atoms with Gasteiger partial charge in [0.1, 0.15) is 0 Å². The summed E-state index contributed by atoms with van der Waals surface area (Å²) in [6.07, 6.45) is 0. The predicted molar refractivity (Wildman–Crippen MR) is 187 cm³/mol. The van der Waals surface area contributed by atoms with Crippen LogP contribution in [0.4, 0.5) is 5.69 Å². The van der Waals surface area contributed by atoms with E-state index >= 15 is 0 Å². The zero-order valence-corrected chi connectivity index (χ0v) is 29.7. The summed E-state index contributed by atoms with van der Waals surface area (Å²) in [6, 6.07) is 25.3. The maximum atomic E-state index is 5.05. The van der Waals surface area contributed by atoms with Gasteiger partial charge in [-0.3, -0.25) is 0 Å². The summed E-state index contributed by atoms with van der Waals surface area (Å²) < 4.78 is 1.44. The van der Waals surface area contributed by atoms with Crippen LogP contribution in [0.25, 0.3) is 27.1 Å². The Morgan fingerprint density at radius 2 is 0.905 bits per heavy atom. The second kappa shape index (κ2) is 13.5. The van der Waals surface area contributed by atoms with E-state index in [9.17, 15) is 0 Å². The molecular weight excluding hydrogens is 567 g/mol. The molecule has 0 bridgehead atoms. The van der Waals surface area contributed by atoms with Crippen molar-refractivity contribution in [2.24, 2.45) is 0 Å². The average Bonchev–Trinajstić information content (AvgIpc) is 2.93. The summed E-state index contributed by atoms with van der Waals surface area (Å²) in [6.45, 7) is 25.1. The quantitative estimate of drug-likeness (QED) is 0.182. The first-order valence-electron chi connectivity index (χ1n) is 15.6.